The first-order chi connectivity index (χ1) is 23.9. The summed E-state index contributed by atoms with van der Waals surface area (Å²) in [5.74, 6) is 0.663. The number of amides is 3. The van der Waals surface area contributed by atoms with Gasteiger partial charge in [0.25, 0.3) is 5.91 Å². The fourth-order valence-corrected chi connectivity index (χ4v) is 6.93. The van der Waals surface area contributed by atoms with Crippen molar-refractivity contribution < 1.29 is 23.9 Å². The van der Waals surface area contributed by atoms with E-state index in [0.717, 1.165) is 43.5 Å². The summed E-state index contributed by atoms with van der Waals surface area (Å²) in [5, 5.41) is 0. The molecule has 2 heterocycles. The summed E-state index contributed by atoms with van der Waals surface area (Å²) in [6.45, 7) is 13.0. The fourth-order valence-electron chi connectivity index (χ4n) is 6.93. The first-order valence-electron chi connectivity index (χ1n) is 18.1. The average Bonchev–Trinajstić information content (AvgIpc) is 3.96. The SMILES string of the molecule is CC(C)(C)OC(=O)N1CCN(C(=O)C(C)(C)Oc2cccc(N3CCC[C@@H](C(=O)N(Cc4ccc(-c5ccccc5)cc4)C4CC4)C3)c2)CC1. The Bertz CT molecular complexity index is 1640. The smallest absolute Gasteiger partial charge is 0.410 e. The molecule has 9 nitrogen and oxygen atoms in total. The topological polar surface area (TPSA) is 82.6 Å². The fraction of sp³-hybridized carbons (Fsp3) is 0.488. The van der Waals surface area contributed by atoms with Crippen LogP contribution in [0.1, 0.15) is 65.9 Å². The van der Waals surface area contributed by atoms with Gasteiger partial charge in [0, 0.05) is 63.6 Å². The van der Waals surface area contributed by atoms with Crippen molar-refractivity contribution in [2.75, 3.05) is 44.2 Å². The van der Waals surface area contributed by atoms with Gasteiger partial charge in [0.05, 0.1) is 5.92 Å². The van der Waals surface area contributed by atoms with Crippen LogP contribution in [0.5, 0.6) is 5.75 Å². The lowest BCUT2D eigenvalue weighted by atomic mass is 9.95. The van der Waals surface area contributed by atoms with E-state index in [-0.39, 0.29) is 23.8 Å². The van der Waals surface area contributed by atoms with Gasteiger partial charge in [-0.05, 0) is 89.1 Å². The van der Waals surface area contributed by atoms with E-state index in [2.05, 4.69) is 64.4 Å². The van der Waals surface area contributed by atoms with E-state index >= 15 is 0 Å². The molecule has 266 valence electrons. The highest BCUT2D eigenvalue weighted by molar-refractivity contribution is 5.85. The molecule has 9 heteroatoms. The quantitative estimate of drug-likeness (QED) is 0.242. The van der Waals surface area contributed by atoms with Crippen LogP contribution >= 0.6 is 0 Å². The summed E-state index contributed by atoms with van der Waals surface area (Å²) in [4.78, 5) is 47.9. The third-order valence-electron chi connectivity index (χ3n) is 9.74. The van der Waals surface area contributed by atoms with Crippen LogP contribution in [0.2, 0.25) is 0 Å². The number of benzene rings is 3. The van der Waals surface area contributed by atoms with Crippen LogP contribution in [0.25, 0.3) is 11.1 Å². The molecule has 3 fully saturated rings. The highest BCUT2D eigenvalue weighted by Crippen LogP contribution is 2.34. The molecule has 3 amide bonds. The Morgan fingerprint density at radius 3 is 2.08 bits per heavy atom. The largest absolute Gasteiger partial charge is 0.478 e. The minimum atomic E-state index is -1.10. The lowest BCUT2D eigenvalue weighted by Gasteiger charge is -2.39. The summed E-state index contributed by atoms with van der Waals surface area (Å²) >= 11 is 0. The van der Waals surface area contributed by atoms with Gasteiger partial charge in [0.15, 0.2) is 5.60 Å². The molecule has 0 bridgehead atoms. The van der Waals surface area contributed by atoms with Crippen LogP contribution in [-0.2, 0) is 20.9 Å². The molecule has 0 N–H and O–H groups in total. The molecule has 0 unspecified atom stereocenters. The zero-order valence-corrected chi connectivity index (χ0v) is 30.3. The summed E-state index contributed by atoms with van der Waals surface area (Å²) < 4.78 is 11.8. The zero-order chi connectivity index (χ0) is 35.5. The lowest BCUT2D eigenvalue weighted by molar-refractivity contribution is -0.147. The zero-order valence-electron chi connectivity index (χ0n) is 30.3. The van der Waals surface area contributed by atoms with Gasteiger partial charge >= 0.3 is 6.09 Å². The summed E-state index contributed by atoms with van der Waals surface area (Å²) in [6.07, 6.45) is 3.59. The van der Waals surface area contributed by atoms with Crippen LogP contribution in [0.3, 0.4) is 0 Å². The van der Waals surface area contributed by atoms with Gasteiger partial charge in [-0.3, -0.25) is 9.59 Å². The first kappa shape index (κ1) is 35.3. The number of nitrogens with zero attached hydrogens (tertiary/aromatic N) is 4. The van der Waals surface area contributed by atoms with Crippen molar-refractivity contribution in [1.29, 1.82) is 0 Å². The number of hydrogen-bond donors (Lipinski definition) is 0. The molecule has 2 saturated heterocycles. The lowest BCUT2D eigenvalue weighted by Crippen LogP contribution is -2.57. The molecular formula is C41H52N4O5. The summed E-state index contributed by atoms with van der Waals surface area (Å²) in [5.41, 5.74) is 2.85. The number of hydrogen-bond acceptors (Lipinski definition) is 6. The van der Waals surface area contributed by atoms with Gasteiger partial charge in [-0.25, -0.2) is 4.79 Å². The summed E-state index contributed by atoms with van der Waals surface area (Å²) in [6, 6.07) is 27.2. The number of carbonyl (C=O) groups excluding carboxylic acids is 3. The third kappa shape index (κ3) is 8.79. The highest BCUT2D eigenvalue weighted by Gasteiger charge is 2.39. The monoisotopic (exact) mass is 680 g/mol. The molecule has 0 spiro atoms. The van der Waals surface area contributed by atoms with Crippen molar-refractivity contribution in [3.63, 3.8) is 0 Å². The van der Waals surface area contributed by atoms with E-state index in [1.165, 1.54) is 11.1 Å². The van der Waals surface area contributed by atoms with Gasteiger partial charge in [0.2, 0.25) is 5.91 Å². The molecule has 1 atom stereocenters. The Labute approximate surface area is 297 Å². The molecule has 3 aliphatic rings. The van der Waals surface area contributed by atoms with Crippen molar-refractivity contribution in [3.8, 4) is 16.9 Å². The minimum absolute atomic E-state index is 0.0742. The maximum absolute atomic E-state index is 14.1. The van der Waals surface area contributed by atoms with Crippen LogP contribution in [0.15, 0.2) is 78.9 Å². The van der Waals surface area contributed by atoms with Crippen molar-refractivity contribution in [3.05, 3.63) is 84.4 Å². The Hall–Kier alpha value is -4.53. The van der Waals surface area contributed by atoms with Gasteiger partial charge < -0.3 is 29.1 Å². The van der Waals surface area contributed by atoms with Crippen molar-refractivity contribution in [1.82, 2.24) is 14.7 Å². The number of anilines is 1. The Kier molecular flexibility index (Phi) is 10.4. The normalized spacial score (nSPS) is 18.4. The summed E-state index contributed by atoms with van der Waals surface area (Å²) in [7, 11) is 0. The predicted octanol–water partition coefficient (Wildman–Crippen LogP) is 7.00. The van der Waals surface area contributed by atoms with Crippen LogP contribution in [-0.4, -0.2) is 89.1 Å². The molecule has 3 aromatic carbocycles. The molecule has 1 saturated carbocycles. The molecular weight excluding hydrogens is 628 g/mol. The number of piperazine rings is 1. The third-order valence-corrected chi connectivity index (χ3v) is 9.74. The van der Waals surface area contributed by atoms with Gasteiger partial charge in [0.1, 0.15) is 11.4 Å². The van der Waals surface area contributed by atoms with Crippen molar-refractivity contribution in [2.45, 2.75) is 84.1 Å². The van der Waals surface area contributed by atoms with E-state index < -0.39 is 11.2 Å². The Balaban J connectivity index is 1.05. The van der Waals surface area contributed by atoms with Gasteiger partial charge in [-0.2, -0.15) is 0 Å². The second-order valence-corrected chi connectivity index (χ2v) is 15.4. The molecule has 2 aliphatic heterocycles. The molecule has 0 aromatic heterocycles. The van der Waals surface area contributed by atoms with E-state index in [4.69, 9.17) is 9.47 Å². The predicted molar refractivity (Wildman–Crippen MR) is 196 cm³/mol. The standard InChI is InChI=1S/C41H52N4O5/c1-40(2,3)50-39(48)43-25-23-42(24-26-43)38(47)41(4,5)49-36-15-9-14-35(27-36)44-22-10-13-33(29-44)37(46)45(34-20-21-34)28-30-16-18-32(19-17-30)31-11-7-6-8-12-31/h6-9,11-12,14-19,27,33-34H,10,13,20-26,28-29H2,1-5H3/t33-/m1/s1. The molecule has 3 aromatic rings. The maximum atomic E-state index is 14.1. The minimum Gasteiger partial charge on any atom is -0.478 e. The highest BCUT2D eigenvalue weighted by atomic mass is 16.6. The molecule has 6 rings (SSSR count). The number of carbonyl (C=O) groups is 3. The molecule has 50 heavy (non-hydrogen) atoms. The second-order valence-electron chi connectivity index (χ2n) is 15.4. The van der Waals surface area contributed by atoms with E-state index in [9.17, 15) is 14.4 Å². The maximum Gasteiger partial charge on any atom is 0.410 e. The van der Waals surface area contributed by atoms with Gasteiger partial charge in [-0.15, -0.1) is 0 Å². The van der Waals surface area contributed by atoms with Crippen molar-refractivity contribution >= 4 is 23.6 Å². The Morgan fingerprint density at radius 1 is 0.760 bits per heavy atom. The van der Waals surface area contributed by atoms with Crippen LogP contribution < -0.4 is 9.64 Å². The van der Waals surface area contributed by atoms with Gasteiger partial charge in [-0.1, -0.05) is 60.7 Å². The van der Waals surface area contributed by atoms with E-state index in [1.54, 1.807) is 23.6 Å². The van der Waals surface area contributed by atoms with Crippen LogP contribution in [0.4, 0.5) is 10.5 Å². The number of rotatable bonds is 9. The molecule has 0 radical (unpaired) electrons. The Morgan fingerprint density at radius 2 is 1.42 bits per heavy atom. The average molecular weight is 681 g/mol. The van der Waals surface area contributed by atoms with Crippen LogP contribution in [0, 0.1) is 5.92 Å². The first-order valence-corrected chi connectivity index (χ1v) is 18.1. The number of ether oxygens (including phenoxy) is 2. The molecule has 1 aliphatic carbocycles. The van der Waals surface area contributed by atoms with Crippen molar-refractivity contribution in [2.24, 2.45) is 5.92 Å². The van der Waals surface area contributed by atoms with E-state index in [1.807, 2.05) is 45.0 Å². The number of piperidine rings is 1. The van der Waals surface area contributed by atoms with E-state index in [0.29, 0.717) is 51.1 Å². The second kappa shape index (κ2) is 14.8.